The highest BCUT2D eigenvalue weighted by atomic mass is 19.1. The van der Waals surface area contributed by atoms with Gasteiger partial charge in [-0.1, -0.05) is 6.07 Å². The first-order chi connectivity index (χ1) is 12.2. The van der Waals surface area contributed by atoms with Crippen LogP contribution in [-0.2, 0) is 6.54 Å². The zero-order valence-corrected chi connectivity index (χ0v) is 13.2. The number of aromatic amines is 1. The topological polar surface area (TPSA) is 62.1 Å². The molecule has 0 spiro atoms. The number of nitrogens with one attached hydrogen (secondary N) is 1. The maximum Gasteiger partial charge on any atom is 0.148 e. The number of aliphatic imine (C=N–C) groups is 1. The molecule has 1 N–H and O–H groups in total. The summed E-state index contributed by atoms with van der Waals surface area (Å²) in [6, 6.07) is 3.85. The summed E-state index contributed by atoms with van der Waals surface area (Å²) < 4.78 is 30.9. The van der Waals surface area contributed by atoms with Crippen LogP contribution in [0.3, 0.4) is 0 Å². The van der Waals surface area contributed by atoms with Crippen molar-refractivity contribution in [3.8, 4) is 11.3 Å². The van der Waals surface area contributed by atoms with Crippen molar-refractivity contribution in [3.63, 3.8) is 0 Å². The highest BCUT2D eigenvalue weighted by Crippen LogP contribution is 2.41. The lowest BCUT2D eigenvalue weighted by molar-refractivity contribution is 0.578. The van der Waals surface area contributed by atoms with Gasteiger partial charge in [0.15, 0.2) is 0 Å². The second kappa shape index (κ2) is 5.23. The molecule has 8 heteroatoms. The molecule has 0 saturated carbocycles. The molecule has 4 heterocycles. The minimum atomic E-state index is -0.637. The van der Waals surface area contributed by atoms with Crippen molar-refractivity contribution in [1.29, 1.82) is 0 Å². The zero-order valence-electron chi connectivity index (χ0n) is 13.2. The smallest absolute Gasteiger partial charge is 0.148 e. The summed E-state index contributed by atoms with van der Waals surface area (Å²) >= 11 is 0. The van der Waals surface area contributed by atoms with Gasteiger partial charge in [-0.3, -0.25) is 5.10 Å². The van der Waals surface area contributed by atoms with Crippen molar-refractivity contribution in [1.82, 2.24) is 20.0 Å². The van der Waals surface area contributed by atoms with E-state index in [0.717, 1.165) is 30.8 Å². The Hall–Kier alpha value is -3.03. The van der Waals surface area contributed by atoms with Gasteiger partial charge in [0.25, 0.3) is 0 Å². The molecule has 2 aliphatic heterocycles. The van der Waals surface area contributed by atoms with E-state index in [1.807, 2.05) is 9.58 Å². The molecule has 0 bridgehead atoms. The van der Waals surface area contributed by atoms with E-state index in [0.29, 0.717) is 17.9 Å². The molecule has 0 aliphatic carbocycles. The Morgan fingerprint density at radius 1 is 1.04 bits per heavy atom. The number of halogens is 2. The van der Waals surface area contributed by atoms with Crippen LogP contribution in [0.5, 0.6) is 0 Å². The molecular weight excluding hydrogens is 326 g/mol. The van der Waals surface area contributed by atoms with Crippen LogP contribution in [0, 0.1) is 11.6 Å². The minimum Gasteiger partial charge on any atom is -0.310 e. The summed E-state index contributed by atoms with van der Waals surface area (Å²) in [5, 5.41) is 11.4. The molecule has 0 amide bonds. The molecule has 2 aromatic heterocycles. The van der Waals surface area contributed by atoms with Crippen molar-refractivity contribution < 1.29 is 8.78 Å². The van der Waals surface area contributed by atoms with E-state index in [1.165, 1.54) is 18.2 Å². The number of aromatic nitrogens is 4. The first-order valence-corrected chi connectivity index (χ1v) is 8.14. The third-order valence-corrected chi connectivity index (χ3v) is 4.63. The Morgan fingerprint density at radius 2 is 1.84 bits per heavy atom. The van der Waals surface area contributed by atoms with E-state index in [4.69, 9.17) is 0 Å². The summed E-state index contributed by atoms with van der Waals surface area (Å²) in [4.78, 5) is 6.44. The summed E-state index contributed by atoms with van der Waals surface area (Å²) in [6.07, 6.45) is 5.13. The van der Waals surface area contributed by atoms with Crippen molar-refractivity contribution in [2.45, 2.75) is 19.4 Å². The SMILES string of the molecule is Fc1cccc(F)c1C1=Nc2cn[nH]c2-c2cnn3c2N1CCCC3. The number of nitrogens with zero attached hydrogens (tertiary/aromatic N) is 5. The number of fused-ring (bicyclic) bond motifs is 2. The predicted octanol–water partition coefficient (Wildman–Crippen LogP) is 3.24. The molecule has 5 rings (SSSR count). The molecule has 126 valence electrons. The van der Waals surface area contributed by atoms with E-state index < -0.39 is 11.6 Å². The highest BCUT2D eigenvalue weighted by molar-refractivity contribution is 6.14. The molecule has 0 fully saturated rings. The maximum atomic E-state index is 14.5. The molecule has 2 aliphatic rings. The van der Waals surface area contributed by atoms with Crippen LogP contribution >= 0.6 is 0 Å². The van der Waals surface area contributed by atoms with Crippen LogP contribution in [0.15, 0.2) is 35.6 Å². The first-order valence-electron chi connectivity index (χ1n) is 8.14. The lowest BCUT2D eigenvalue weighted by atomic mass is 10.1. The Kier molecular flexibility index (Phi) is 3.00. The van der Waals surface area contributed by atoms with Gasteiger partial charge in [0, 0.05) is 13.1 Å². The molecular formula is C17H14F2N6. The van der Waals surface area contributed by atoms with Crippen LogP contribution in [0.2, 0.25) is 0 Å². The summed E-state index contributed by atoms with van der Waals surface area (Å²) in [5.74, 6) is -0.229. The second-order valence-electron chi connectivity index (χ2n) is 6.13. The van der Waals surface area contributed by atoms with Crippen LogP contribution in [-0.4, -0.2) is 32.4 Å². The number of aryl methyl sites for hydroxylation is 1. The van der Waals surface area contributed by atoms with Gasteiger partial charge in [0.2, 0.25) is 0 Å². The first kappa shape index (κ1) is 14.3. The van der Waals surface area contributed by atoms with E-state index in [2.05, 4.69) is 20.3 Å². The number of H-pyrrole nitrogens is 1. The number of rotatable bonds is 1. The maximum absolute atomic E-state index is 14.5. The third-order valence-electron chi connectivity index (χ3n) is 4.63. The van der Waals surface area contributed by atoms with Crippen molar-refractivity contribution in [2.75, 3.05) is 11.4 Å². The number of hydrogen-bond acceptors (Lipinski definition) is 4. The van der Waals surface area contributed by atoms with Gasteiger partial charge in [0.05, 0.1) is 29.2 Å². The Morgan fingerprint density at radius 3 is 2.68 bits per heavy atom. The fourth-order valence-electron chi connectivity index (χ4n) is 3.49. The molecule has 3 aromatic rings. The van der Waals surface area contributed by atoms with Gasteiger partial charge in [0.1, 0.15) is 29.0 Å². The zero-order chi connectivity index (χ0) is 17.0. The largest absolute Gasteiger partial charge is 0.310 e. The monoisotopic (exact) mass is 340 g/mol. The van der Waals surface area contributed by atoms with Gasteiger partial charge in [-0.15, -0.1) is 0 Å². The average molecular weight is 340 g/mol. The van der Waals surface area contributed by atoms with E-state index in [-0.39, 0.29) is 11.4 Å². The molecule has 25 heavy (non-hydrogen) atoms. The Bertz CT molecular complexity index is 982. The van der Waals surface area contributed by atoms with Crippen LogP contribution < -0.4 is 4.90 Å². The number of anilines is 1. The van der Waals surface area contributed by atoms with Crippen molar-refractivity contribution >= 4 is 17.3 Å². The normalized spacial score (nSPS) is 15.9. The molecule has 0 unspecified atom stereocenters. The standard InChI is InChI=1S/C17H14F2N6/c18-11-4-3-5-12(19)14(11)16-22-13-9-20-23-15(13)10-8-21-25-7-2-1-6-24(16)17(10)25/h3-5,8-9H,1-2,6-7H2,(H,20,23). The molecule has 6 nitrogen and oxygen atoms in total. The van der Waals surface area contributed by atoms with Crippen molar-refractivity contribution in [2.24, 2.45) is 4.99 Å². The minimum absolute atomic E-state index is 0.128. The number of amidine groups is 1. The molecule has 0 atom stereocenters. The molecule has 0 saturated heterocycles. The fourth-order valence-corrected chi connectivity index (χ4v) is 3.49. The van der Waals surface area contributed by atoms with E-state index in [9.17, 15) is 8.78 Å². The Labute approximate surface area is 141 Å². The number of hydrogen-bond donors (Lipinski definition) is 1. The van der Waals surface area contributed by atoms with Gasteiger partial charge < -0.3 is 4.90 Å². The molecule has 0 radical (unpaired) electrons. The number of benzene rings is 1. The predicted molar refractivity (Wildman–Crippen MR) is 88.9 cm³/mol. The second-order valence-corrected chi connectivity index (χ2v) is 6.13. The quantitative estimate of drug-likeness (QED) is 0.740. The van der Waals surface area contributed by atoms with E-state index >= 15 is 0 Å². The summed E-state index contributed by atoms with van der Waals surface area (Å²) in [7, 11) is 0. The van der Waals surface area contributed by atoms with Crippen LogP contribution in [0.25, 0.3) is 11.3 Å². The van der Waals surface area contributed by atoms with Crippen LogP contribution in [0.4, 0.5) is 20.3 Å². The van der Waals surface area contributed by atoms with E-state index in [1.54, 1.807) is 12.4 Å². The Balaban J connectivity index is 1.84. The molecule has 1 aromatic carbocycles. The van der Waals surface area contributed by atoms with Gasteiger partial charge in [-0.05, 0) is 25.0 Å². The fraction of sp³-hybridized carbons (Fsp3) is 0.235. The van der Waals surface area contributed by atoms with Gasteiger partial charge in [-0.2, -0.15) is 10.2 Å². The van der Waals surface area contributed by atoms with Crippen LogP contribution in [0.1, 0.15) is 18.4 Å². The highest BCUT2D eigenvalue weighted by Gasteiger charge is 2.32. The van der Waals surface area contributed by atoms with Gasteiger partial charge in [-0.25, -0.2) is 18.5 Å². The van der Waals surface area contributed by atoms with Crippen molar-refractivity contribution in [3.05, 3.63) is 47.8 Å². The summed E-state index contributed by atoms with van der Waals surface area (Å²) in [6.45, 7) is 1.37. The summed E-state index contributed by atoms with van der Waals surface area (Å²) in [5.41, 5.74) is 1.96. The lowest BCUT2D eigenvalue weighted by Crippen LogP contribution is -2.34. The van der Waals surface area contributed by atoms with Gasteiger partial charge >= 0.3 is 0 Å². The average Bonchev–Trinajstić information content (AvgIpc) is 3.13. The third kappa shape index (κ3) is 2.03. The lowest BCUT2D eigenvalue weighted by Gasteiger charge is -2.25.